The Hall–Kier alpha value is -2.58. The Labute approximate surface area is 160 Å². The second-order valence-corrected chi connectivity index (χ2v) is 7.34. The van der Waals surface area contributed by atoms with Crippen LogP contribution in [0.15, 0.2) is 48.2 Å². The number of aliphatic hydroxyl groups is 1. The smallest absolute Gasteiger partial charge is 0.416 e. The molecule has 138 valence electrons. The van der Waals surface area contributed by atoms with Gasteiger partial charge in [0.1, 0.15) is 16.6 Å². The van der Waals surface area contributed by atoms with Crippen molar-refractivity contribution < 1.29 is 18.3 Å². The van der Waals surface area contributed by atoms with Gasteiger partial charge in [-0.1, -0.05) is 23.7 Å². The van der Waals surface area contributed by atoms with Crippen molar-refractivity contribution in [2.75, 3.05) is 11.4 Å². The average molecular weight is 410 g/mol. The molecule has 27 heavy (non-hydrogen) atoms. The van der Waals surface area contributed by atoms with E-state index in [1.165, 1.54) is 16.2 Å². The highest BCUT2D eigenvalue weighted by molar-refractivity contribution is 7.19. The fourth-order valence-electron chi connectivity index (χ4n) is 2.88. The first kappa shape index (κ1) is 17.8. The van der Waals surface area contributed by atoms with Crippen LogP contribution >= 0.6 is 22.9 Å². The number of anilines is 1. The number of halogens is 4. The van der Waals surface area contributed by atoms with Crippen LogP contribution in [-0.2, 0) is 6.18 Å². The van der Waals surface area contributed by atoms with Crippen LogP contribution in [0.3, 0.4) is 0 Å². The van der Waals surface area contributed by atoms with Crippen molar-refractivity contribution >= 4 is 50.3 Å². The van der Waals surface area contributed by atoms with Crippen molar-refractivity contribution in [3.8, 4) is 0 Å². The van der Waals surface area contributed by atoms with Gasteiger partial charge in [0, 0.05) is 0 Å². The van der Waals surface area contributed by atoms with Crippen molar-refractivity contribution in [3.05, 3.63) is 63.8 Å². The van der Waals surface area contributed by atoms with E-state index in [4.69, 9.17) is 17.0 Å². The lowest BCUT2D eigenvalue weighted by atomic mass is 10.1. The lowest BCUT2D eigenvalue weighted by molar-refractivity contribution is -0.137. The molecule has 0 atom stereocenters. The largest absolute Gasteiger partial charge is 0.510 e. The number of amidine groups is 1. The molecule has 2 aromatic carbocycles. The van der Waals surface area contributed by atoms with Gasteiger partial charge in [-0.05, 0) is 30.3 Å². The Morgan fingerprint density at radius 1 is 1.19 bits per heavy atom. The van der Waals surface area contributed by atoms with Crippen LogP contribution in [-0.4, -0.2) is 22.5 Å². The molecule has 0 amide bonds. The second-order valence-electron chi connectivity index (χ2n) is 5.91. The summed E-state index contributed by atoms with van der Waals surface area (Å²) in [6, 6.07) is 10.3. The van der Waals surface area contributed by atoms with Crippen molar-refractivity contribution in [2.24, 2.45) is 0 Å². The summed E-state index contributed by atoms with van der Waals surface area (Å²) in [5.41, 5.74) is 0.0626. The van der Waals surface area contributed by atoms with Gasteiger partial charge in [-0.25, -0.2) is 4.98 Å². The molecule has 0 fully saturated rings. The summed E-state index contributed by atoms with van der Waals surface area (Å²) >= 11 is 7.38. The zero-order valence-corrected chi connectivity index (χ0v) is 15.1. The van der Waals surface area contributed by atoms with E-state index < -0.39 is 11.7 Å². The molecule has 1 aliphatic heterocycles. The van der Waals surface area contributed by atoms with Crippen molar-refractivity contribution in [1.82, 2.24) is 4.98 Å². The normalized spacial score (nSPS) is 15.3. The molecule has 0 unspecified atom stereocenters. The van der Waals surface area contributed by atoms with Crippen LogP contribution in [0, 0.1) is 5.41 Å². The molecule has 4 nitrogen and oxygen atoms in total. The number of hydrogen-bond donors (Lipinski definition) is 2. The van der Waals surface area contributed by atoms with E-state index in [1.807, 2.05) is 24.3 Å². The van der Waals surface area contributed by atoms with Crippen LogP contribution < -0.4 is 4.90 Å². The molecule has 0 saturated carbocycles. The van der Waals surface area contributed by atoms with E-state index >= 15 is 0 Å². The summed E-state index contributed by atoms with van der Waals surface area (Å²) in [6.07, 6.45) is -4.54. The maximum atomic E-state index is 13.0. The number of thiazole rings is 1. The predicted octanol–water partition coefficient (Wildman–Crippen LogP) is 5.74. The molecule has 0 spiro atoms. The quantitative estimate of drug-likeness (QED) is 0.567. The number of nitrogens with zero attached hydrogens (tertiary/aromatic N) is 2. The van der Waals surface area contributed by atoms with Crippen LogP contribution in [0.5, 0.6) is 0 Å². The fourth-order valence-corrected chi connectivity index (χ4v) is 4.14. The maximum absolute atomic E-state index is 13.0. The third-order valence-electron chi connectivity index (χ3n) is 4.18. The van der Waals surface area contributed by atoms with Gasteiger partial charge >= 0.3 is 6.18 Å². The van der Waals surface area contributed by atoms with Gasteiger partial charge < -0.3 is 10.0 Å². The van der Waals surface area contributed by atoms with E-state index in [0.717, 1.165) is 28.4 Å². The Balaban J connectivity index is 1.74. The van der Waals surface area contributed by atoms with E-state index in [-0.39, 0.29) is 34.4 Å². The highest BCUT2D eigenvalue weighted by Crippen LogP contribution is 2.40. The zero-order chi connectivity index (χ0) is 19.3. The number of hydrogen-bond acceptors (Lipinski definition) is 4. The summed E-state index contributed by atoms with van der Waals surface area (Å²) < 4.78 is 40.0. The molecule has 0 radical (unpaired) electrons. The number of alkyl halides is 3. The minimum Gasteiger partial charge on any atom is -0.510 e. The molecular formula is C18H11ClF3N3OS. The van der Waals surface area contributed by atoms with Crippen molar-refractivity contribution in [3.63, 3.8) is 0 Å². The summed E-state index contributed by atoms with van der Waals surface area (Å²) in [5, 5.41) is 19.3. The van der Waals surface area contributed by atoms with E-state index in [9.17, 15) is 18.3 Å². The molecule has 0 saturated heterocycles. The molecule has 0 aliphatic carbocycles. The van der Waals surface area contributed by atoms with E-state index in [0.29, 0.717) is 5.01 Å². The Morgan fingerprint density at radius 3 is 2.63 bits per heavy atom. The second kappa shape index (κ2) is 6.24. The molecule has 2 heterocycles. The van der Waals surface area contributed by atoms with Gasteiger partial charge in [0.25, 0.3) is 0 Å². The first-order chi connectivity index (χ1) is 12.8. The SMILES string of the molecule is N=C1C(c2nc3ccccc3s2)=C(O)CN1c1cc(C(F)(F)F)ccc1Cl. The number of benzene rings is 2. The summed E-state index contributed by atoms with van der Waals surface area (Å²) in [6.45, 7) is -0.148. The van der Waals surface area contributed by atoms with E-state index in [1.54, 1.807) is 0 Å². The number of nitrogens with one attached hydrogen (secondary N) is 1. The number of para-hydroxylation sites is 1. The van der Waals surface area contributed by atoms with Gasteiger partial charge in [0.05, 0.1) is 38.6 Å². The number of aliphatic hydroxyl groups excluding tert-OH is 1. The minimum absolute atomic E-state index is 0.0131. The Kier molecular flexibility index (Phi) is 4.12. The predicted molar refractivity (Wildman–Crippen MR) is 101 cm³/mol. The third-order valence-corrected chi connectivity index (χ3v) is 5.55. The number of fused-ring (bicyclic) bond motifs is 1. The highest BCUT2D eigenvalue weighted by atomic mass is 35.5. The third kappa shape index (κ3) is 3.04. The topological polar surface area (TPSA) is 60.2 Å². The standard InChI is InChI=1S/C18H11ClF3N3OS/c19-10-6-5-9(18(20,21)22)7-12(10)25-8-13(26)15(16(25)23)17-24-11-3-1-2-4-14(11)27-17/h1-7,23,26H,8H2. The van der Waals surface area contributed by atoms with Crippen molar-refractivity contribution in [2.45, 2.75) is 6.18 Å². The summed E-state index contributed by atoms with van der Waals surface area (Å²) in [5.74, 6) is -0.277. The number of aromatic nitrogens is 1. The lowest BCUT2D eigenvalue weighted by Gasteiger charge is -2.21. The molecule has 2 N–H and O–H groups in total. The van der Waals surface area contributed by atoms with Gasteiger partial charge in [-0.15, -0.1) is 11.3 Å². The van der Waals surface area contributed by atoms with E-state index in [2.05, 4.69) is 4.98 Å². The first-order valence-electron chi connectivity index (χ1n) is 7.77. The fraction of sp³-hybridized carbons (Fsp3) is 0.111. The molecule has 1 aliphatic rings. The van der Waals surface area contributed by atoms with Crippen LogP contribution in [0.2, 0.25) is 5.02 Å². The first-order valence-corrected chi connectivity index (χ1v) is 8.96. The molecule has 3 aromatic rings. The van der Waals surface area contributed by atoms with Gasteiger partial charge in [-0.2, -0.15) is 13.2 Å². The van der Waals surface area contributed by atoms with Gasteiger partial charge in [0.2, 0.25) is 0 Å². The molecule has 0 bridgehead atoms. The summed E-state index contributed by atoms with van der Waals surface area (Å²) in [4.78, 5) is 5.67. The number of rotatable bonds is 2. The van der Waals surface area contributed by atoms with Crippen molar-refractivity contribution in [1.29, 1.82) is 5.41 Å². The van der Waals surface area contributed by atoms with Gasteiger partial charge in [0.15, 0.2) is 0 Å². The highest BCUT2D eigenvalue weighted by Gasteiger charge is 2.35. The van der Waals surface area contributed by atoms with Crippen LogP contribution in [0.25, 0.3) is 15.8 Å². The minimum atomic E-state index is -4.54. The van der Waals surface area contributed by atoms with Crippen LogP contribution in [0.4, 0.5) is 18.9 Å². The monoisotopic (exact) mass is 409 g/mol. The molecule has 4 rings (SSSR count). The maximum Gasteiger partial charge on any atom is 0.416 e. The molecule has 9 heteroatoms. The molecule has 1 aromatic heterocycles. The summed E-state index contributed by atoms with van der Waals surface area (Å²) in [7, 11) is 0. The molecular weight excluding hydrogens is 399 g/mol. The van der Waals surface area contributed by atoms with Crippen LogP contribution in [0.1, 0.15) is 10.6 Å². The zero-order valence-electron chi connectivity index (χ0n) is 13.5. The van der Waals surface area contributed by atoms with Gasteiger partial charge in [-0.3, -0.25) is 5.41 Å². The average Bonchev–Trinajstić information content (AvgIpc) is 3.14. The Bertz CT molecular complexity index is 1070. The lowest BCUT2D eigenvalue weighted by Crippen LogP contribution is -2.26. The Morgan fingerprint density at radius 2 is 1.93 bits per heavy atom.